The molecule has 1 aliphatic rings. The van der Waals surface area contributed by atoms with Gasteiger partial charge in [0.05, 0.1) is 6.61 Å². The summed E-state index contributed by atoms with van der Waals surface area (Å²) in [6, 6.07) is 9.16. The van der Waals surface area contributed by atoms with Crippen molar-refractivity contribution in [1.29, 1.82) is 0 Å². The molecule has 0 heterocycles. The second-order valence-corrected chi connectivity index (χ2v) is 6.49. The largest absolute Gasteiger partial charge is 0.494 e. The van der Waals surface area contributed by atoms with Crippen LogP contribution in [0, 0.1) is 11.8 Å². The Morgan fingerprint density at radius 3 is 2.60 bits per heavy atom. The highest BCUT2D eigenvalue weighted by Crippen LogP contribution is 2.28. The monoisotopic (exact) mass is 275 g/mol. The normalized spacial score (nSPS) is 26.4. The van der Waals surface area contributed by atoms with Crippen molar-refractivity contribution in [3.05, 3.63) is 29.8 Å². The van der Waals surface area contributed by atoms with Crippen molar-refractivity contribution in [2.24, 2.45) is 11.8 Å². The first kappa shape index (κ1) is 15.4. The Morgan fingerprint density at radius 1 is 1.15 bits per heavy atom. The van der Waals surface area contributed by atoms with Crippen LogP contribution in [0.3, 0.4) is 0 Å². The smallest absolute Gasteiger partial charge is 0.119 e. The summed E-state index contributed by atoms with van der Waals surface area (Å²) in [6.45, 7) is 8.64. The molecule has 0 spiro atoms. The molecule has 112 valence electrons. The molecule has 1 aromatic carbocycles. The summed E-state index contributed by atoms with van der Waals surface area (Å²) in [5.41, 5.74) is 1.32. The minimum atomic E-state index is 0.675. The molecule has 0 bridgehead atoms. The lowest BCUT2D eigenvalue weighted by atomic mass is 9.80. The van der Waals surface area contributed by atoms with Crippen LogP contribution in [0.2, 0.25) is 0 Å². The fourth-order valence-electron chi connectivity index (χ4n) is 3.34. The molecule has 0 aromatic heterocycles. The summed E-state index contributed by atoms with van der Waals surface area (Å²) in [5.74, 6) is 2.71. The number of ether oxygens (including phenoxy) is 1. The molecule has 1 aromatic rings. The van der Waals surface area contributed by atoms with E-state index in [9.17, 15) is 0 Å². The molecule has 2 unspecified atom stereocenters. The van der Waals surface area contributed by atoms with E-state index in [0.29, 0.717) is 6.04 Å². The molecule has 20 heavy (non-hydrogen) atoms. The second-order valence-electron chi connectivity index (χ2n) is 6.49. The lowest BCUT2D eigenvalue weighted by Crippen LogP contribution is -2.35. The number of hydrogen-bond acceptors (Lipinski definition) is 2. The average molecular weight is 275 g/mol. The average Bonchev–Trinajstić information content (AvgIpc) is 2.42. The summed E-state index contributed by atoms with van der Waals surface area (Å²) in [7, 11) is 0. The number of hydrogen-bond donors (Lipinski definition) is 1. The highest BCUT2D eigenvalue weighted by Gasteiger charge is 2.23. The summed E-state index contributed by atoms with van der Waals surface area (Å²) in [5, 5.41) is 3.73. The van der Waals surface area contributed by atoms with E-state index in [1.165, 1.54) is 24.8 Å². The Kier molecular flexibility index (Phi) is 5.90. The summed E-state index contributed by atoms with van der Waals surface area (Å²) >= 11 is 0. The zero-order chi connectivity index (χ0) is 14.4. The van der Waals surface area contributed by atoms with E-state index in [-0.39, 0.29) is 0 Å². The Balaban J connectivity index is 1.84. The fraction of sp³-hybridized carbons (Fsp3) is 0.667. The number of rotatable bonds is 6. The topological polar surface area (TPSA) is 21.3 Å². The van der Waals surface area contributed by atoms with E-state index in [1.807, 2.05) is 6.07 Å². The summed E-state index contributed by atoms with van der Waals surface area (Å²) in [4.78, 5) is 0. The van der Waals surface area contributed by atoms with E-state index in [0.717, 1.165) is 37.2 Å². The van der Waals surface area contributed by atoms with E-state index < -0.39 is 0 Å². The van der Waals surface area contributed by atoms with Gasteiger partial charge in [-0.25, -0.2) is 0 Å². The third-order valence-corrected chi connectivity index (χ3v) is 4.14. The van der Waals surface area contributed by atoms with Crippen LogP contribution in [0.4, 0.5) is 0 Å². The zero-order valence-electron chi connectivity index (χ0n) is 13.2. The molecular formula is C18H29NO. The second kappa shape index (κ2) is 7.68. The van der Waals surface area contributed by atoms with Crippen molar-refractivity contribution in [3.63, 3.8) is 0 Å². The molecular weight excluding hydrogens is 246 g/mol. The lowest BCUT2D eigenvalue weighted by molar-refractivity contribution is 0.238. The maximum Gasteiger partial charge on any atom is 0.119 e. The molecule has 1 fully saturated rings. The van der Waals surface area contributed by atoms with Gasteiger partial charge in [-0.15, -0.1) is 0 Å². The first-order valence-electron chi connectivity index (χ1n) is 8.12. The number of benzene rings is 1. The fourth-order valence-corrected chi connectivity index (χ4v) is 3.34. The Bertz CT molecular complexity index is 394. The van der Waals surface area contributed by atoms with E-state index in [4.69, 9.17) is 4.74 Å². The van der Waals surface area contributed by atoms with Crippen LogP contribution in [0.1, 0.15) is 52.0 Å². The van der Waals surface area contributed by atoms with Gasteiger partial charge >= 0.3 is 0 Å². The van der Waals surface area contributed by atoms with Crippen molar-refractivity contribution in [2.45, 2.75) is 59.0 Å². The van der Waals surface area contributed by atoms with Gasteiger partial charge < -0.3 is 10.1 Å². The first-order valence-corrected chi connectivity index (χ1v) is 8.12. The van der Waals surface area contributed by atoms with Crippen LogP contribution in [0.25, 0.3) is 0 Å². The van der Waals surface area contributed by atoms with Crippen LogP contribution in [-0.4, -0.2) is 12.6 Å². The first-order chi connectivity index (χ1) is 9.67. The van der Waals surface area contributed by atoms with Crippen LogP contribution in [0.15, 0.2) is 24.3 Å². The molecule has 2 atom stereocenters. The quantitative estimate of drug-likeness (QED) is 0.831. The summed E-state index contributed by atoms with van der Waals surface area (Å²) in [6.07, 6.45) is 5.07. The molecule has 2 rings (SSSR count). The predicted molar refractivity (Wildman–Crippen MR) is 85.0 cm³/mol. The van der Waals surface area contributed by atoms with Gasteiger partial charge in [-0.1, -0.05) is 32.9 Å². The Morgan fingerprint density at radius 2 is 1.90 bits per heavy atom. The van der Waals surface area contributed by atoms with E-state index in [1.54, 1.807) is 0 Å². The summed E-state index contributed by atoms with van der Waals surface area (Å²) < 4.78 is 5.69. The minimum absolute atomic E-state index is 0.675. The van der Waals surface area contributed by atoms with Crippen molar-refractivity contribution >= 4 is 0 Å². The van der Waals surface area contributed by atoms with E-state index in [2.05, 4.69) is 44.3 Å². The molecule has 0 radical (unpaired) electrons. The maximum absolute atomic E-state index is 5.69. The van der Waals surface area contributed by atoms with Crippen LogP contribution >= 0.6 is 0 Å². The Hall–Kier alpha value is -1.02. The molecule has 2 heteroatoms. The third-order valence-electron chi connectivity index (χ3n) is 4.14. The molecule has 2 nitrogen and oxygen atoms in total. The van der Waals surface area contributed by atoms with Gasteiger partial charge in [0.25, 0.3) is 0 Å². The van der Waals surface area contributed by atoms with Crippen LogP contribution < -0.4 is 10.1 Å². The van der Waals surface area contributed by atoms with Crippen molar-refractivity contribution < 1.29 is 4.74 Å². The predicted octanol–water partition coefficient (Wildman–Crippen LogP) is 4.39. The minimum Gasteiger partial charge on any atom is -0.494 e. The molecule has 1 saturated carbocycles. The standard InChI is InChI=1S/C18H29NO/c1-4-8-20-18-7-5-6-16(12-18)13-19-17-10-14(2)9-15(3)11-17/h5-7,12,14-15,17,19H,4,8-11,13H2,1-3H3. The molecule has 1 N–H and O–H groups in total. The Labute approximate surface area is 123 Å². The zero-order valence-corrected chi connectivity index (χ0v) is 13.2. The molecule has 0 amide bonds. The maximum atomic E-state index is 5.69. The molecule has 1 aliphatic carbocycles. The van der Waals surface area contributed by atoms with Crippen molar-refractivity contribution in [2.75, 3.05) is 6.61 Å². The highest BCUT2D eigenvalue weighted by molar-refractivity contribution is 5.28. The van der Waals surface area contributed by atoms with Gasteiger partial charge in [-0.05, 0) is 55.2 Å². The van der Waals surface area contributed by atoms with Crippen molar-refractivity contribution in [3.8, 4) is 5.75 Å². The number of nitrogens with one attached hydrogen (secondary N) is 1. The molecule has 0 aliphatic heterocycles. The van der Waals surface area contributed by atoms with Crippen LogP contribution in [0.5, 0.6) is 5.75 Å². The molecule has 0 saturated heterocycles. The van der Waals surface area contributed by atoms with Gasteiger partial charge in [0.2, 0.25) is 0 Å². The van der Waals surface area contributed by atoms with Gasteiger partial charge in [-0.2, -0.15) is 0 Å². The SMILES string of the molecule is CCCOc1cccc(CNC2CC(C)CC(C)C2)c1. The van der Waals surface area contributed by atoms with Crippen molar-refractivity contribution in [1.82, 2.24) is 5.32 Å². The van der Waals surface area contributed by atoms with Crippen LogP contribution in [-0.2, 0) is 6.54 Å². The van der Waals surface area contributed by atoms with E-state index >= 15 is 0 Å². The van der Waals surface area contributed by atoms with Gasteiger partial charge in [0.15, 0.2) is 0 Å². The highest BCUT2D eigenvalue weighted by atomic mass is 16.5. The van der Waals surface area contributed by atoms with Gasteiger partial charge in [0.1, 0.15) is 5.75 Å². The van der Waals surface area contributed by atoms with Gasteiger partial charge in [0, 0.05) is 12.6 Å². The third kappa shape index (κ3) is 4.82. The lowest BCUT2D eigenvalue weighted by Gasteiger charge is -2.32. The van der Waals surface area contributed by atoms with Gasteiger partial charge in [-0.3, -0.25) is 0 Å².